The van der Waals surface area contributed by atoms with Crippen molar-refractivity contribution in [2.24, 2.45) is 5.92 Å². The molecule has 1 unspecified atom stereocenters. The fourth-order valence-corrected chi connectivity index (χ4v) is 5.71. The van der Waals surface area contributed by atoms with Crippen LogP contribution in [0.1, 0.15) is 44.1 Å². The van der Waals surface area contributed by atoms with Gasteiger partial charge in [-0.1, -0.05) is 22.8 Å². The molecule has 8 heteroatoms. The molecule has 4 aliphatic rings. The van der Waals surface area contributed by atoms with E-state index in [1.165, 1.54) is 9.91 Å². The smallest absolute Gasteiger partial charge is 0.480 e. The molecule has 2 heterocycles. The summed E-state index contributed by atoms with van der Waals surface area (Å²) < 4.78 is -0.493. The molecular formula is C21H26N3O5+. The van der Waals surface area contributed by atoms with Crippen LogP contribution in [0.3, 0.4) is 0 Å². The highest BCUT2D eigenvalue weighted by atomic mass is 16.4. The standard InChI is InChI=1S/C21H25N3O5/c25-19(26)16-10-11-22(16)20(27)23(15-8-9-15)24(21(28)29)17-6-2-1-4-13(17)12-14-5-3-7-18(14)24/h1-2,4,6,14-16,18H,3,5,7-12H2,(H-,25,26,28,29)/p+1/t14-,16-,18-,24?/m1/s1. The molecule has 3 amide bonds. The van der Waals surface area contributed by atoms with E-state index in [0.29, 0.717) is 18.7 Å². The van der Waals surface area contributed by atoms with Crippen LogP contribution in [0.25, 0.3) is 0 Å². The average Bonchev–Trinajstić information content (AvgIpc) is 3.35. The molecule has 1 saturated heterocycles. The van der Waals surface area contributed by atoms with Crippen molar-refractivity contribution in [3.05, 3.63) is 29.8 Å². The number of carboxylic acid groups (broad SMARTS) is 2. The number of hydrogen-bond donors (Lipinski definition) is 2. The van der Waals surface area contributed by atoms with Crippen LogP contribution in [0.2, 0.25) is 0 Å². The predicted octanol–water partition coefficient (Wildman–Crippen LogP) is 3.06. The van der Waals surface area contributed by atoms with E-state index in [2.05, 4.69) is 0 Å². The maximum atomic E-state index is 13.6. The fourth-order valence-electron chi connectivity index (χ4n) is 5.71. The van der Waals surface area contributed by atoms with Crippen molar-refractivity contribution in [1.82, 2.24) is 14.5 Å². The SMILES string of the molecule is O=C(O)[C@H]1CCN1C(=O)N(C1CC1)[N+]1(C(=O)O)c2ccccc2C[C@H]2CCC[C@H]21. The third-order valence-electron chi connectivity index (χ3n) is 7.21. The van der Waals surface area contributed by atoms with Crippen LogP contribution in [0, 0.1) is 5.92 Å². The van der Waals surface area contributed by atoms with Gasteiger partial charge in [0.25, 0.3) is 0 Å². The molecule has 3 fully saturated rings. The topological polar surface area (TPSA) is 98.2 Å². The summed E-state index contributed by atoms with van der Waals surface area (Å²) in [6.45, 7) is 0.356. The summed E-state index contributed by atoms with van der Waals surface area (Å²) in [6.07, 6.45) is 4.38. The first-order valence-corrected chi connectivity index (χ1v) is 10.5. The van der Waals surface area contributed by atoms with E-state index in [-0.39, 0.29) is 18.0 Å². The number of para-hydroxylation sites is 1. The van der Waals surface area contributed by atoms with Gasteiger partial charge in [-0.05, 0) is 38.5 Å². The number of aliphatic carboxylic acids is 1. The Bertz CT molecular complexity index is 885. The number of rotatable bonds is 2. The van der Waals surface area contributed by atoms with Crippen LogP contribution >= 0.6 is 0 Å². The van der Waals surface area contributed by atoms with Crippen LogP contribution in [0.5, 0.6) is 0 Å². The van der Waals surface area contributed by atoms with Gasteiger partial charge in [-0.2, -0.15) is 9.80 Å². The summed E-state index contributed by atoms with van der Waals surface area (Å²) >= 11 is 0. The minimum absolute atomic E-state index is 0.166. The Morgan fingerprint density at radius 1 is 1.03 bits per heavy atom. The number of amides is 3. The molecule has 2 aliphatic carbocycles. The zero-order chi connectivity index (χ0) is 20.3. The van der Waals surface area contributed by atoms with E-state index in [9.17, 15) is 24.6 Å². The van der Waals surface area contributed by atoms with Crippen molar-refractivity contribution in [2.75, 3.05) is 6.54 Å². The number of hydrogen-bond acceptors (Lipinski definition) is 3. The summed E-state index contributed by atoms with van der Waals surface area (Å²) in [5, 5.41) is 21.6. The molecule has 4 atom stereocenters. The number of urea groups is 1. The van der Waals surface area contributed by atoms with Crippen molar-refractivity contribution in [3.63, 3.8) is 0 Å². The molecule has 2 N–H and O–H groups in total. The van der Waals surface area contributed by atoms with Gasteiger partial charge in [-0.25, -0.2) is 9.59 Å². The van der Waals surface area contributed by atoms with Crippen molar-refractivity contribution in [1.29, 1.82) is 0 Å². The Labute approximate surface area is 168 Å². The van der Waals surface area contributed by atoms with Crippen LogP contribution in [-0.4, -0.2) is 62.9 Å². The second-order valence-corrected chi connectivity index (χ2v) is 8.75. The number of likely N-dealkylation sites (tertiary alicyclic amines) is 1. The molecule has 1 aromatic carbocycles. The van der Waals surface area contributed by atoms with E-state index in [1.807, 2.05) is 24.3 Å². The molecule has 0 aromatic heterocycles. The maximum absolute atomic E-state index is 13.6. The lowest BCUT2D eigenvalue weighted by Crippen LogP contribution is -2.76. The van der Waals surface area contributed by atoms with Gasteiger partial charge in [0.05, 0.1) is 6.04 Å². The van der Waals surface area contributed by atoms with Gasteiger partial charge in [0.2, 0.25) is 0 Å². The largest absolute Gasteiger partial charge is 0.544 e. The highest BCUT2D eigenvalue weighted by Crippen LogP contribution is 2.51. The maximum Gasteiger partial charge on any atom is 0.544 e. The molecule has 2 aliphatic heterocycles. The third kappa shape index (κ3) is 2.51. The lowest BCUT2D eigenvalue weighted by atomic mass is 9.86. The zero-order valence-electron chi connectivity index (χ0n) is 16.2. The van der Waals surface area contributed by atoms with Gasteiger partial charge < -0.3 is 15.1 Å². The van der Waals surface area contributed by atoms with Gasteiger partial charge in [0.1, 0.15) is 12.1 Å². The second kappa shape index (κ2) is 6.45. The molecule has 0 radical (unpaired) electrons. The number of quaternary nitrogens is 1. The number of fused-ring (bicyclic) bond motifs is 2. The molecular weight excluding hydrogens is 374 g/mol. The Balaban J connectivity index is 1.67. The van der Waals surface area contributed by atoms with Gasteiger partial charge in [-0.15, -0.1) is 0 Å². The lowest BCUT2D eigenvalue weighted by Gasteiger charge is -2.51. The molecule has 0 spiro atoms. The molecule has 8 nitrogen and oxygen atoms in total. The molecule has 154 valence electrons. The Morgan fingerprint density at radius 2 is 1.79 bits per heavy atom. The molecule has 29 heavy (non-hydrogen) atoms. The highest BCUT2D eigenvalue weighted by Gasteiger charge is 2.65. The number of carbonyl (C=O) groups is 3. The molecule has 5 rings (SSSR count). The van der Waals surface area contributed by atoms with E-state index < -0.39 is 28.7 Å². The summed E-state index contributed by atoms with van der Waals surface area (Å²) in [4.78, 5) is 39.6. The summed E-state index contributed by atoms with van der Waals surface area (Å²) in [7, 11) is 0. The average molecular weight is 400 g/mol. The Morgan fingerprint density at radius 3 is 2.41 bits per heavy atom. The first-order valence-electron chi connectivity index (χ1n) is 10.5. The first kappa shape index (κ1) is 18.4. The quantitative estimate of drug-likeness (QED) is 0.744. The monoisotopic (exact) mass is 400 g/mol. The fraction of sp³-hybridized carbons (Fsp3) is 0.571. The molecule has 0 bridgehead atoms. The second-order valence-electron chi connectivity index (χ2n) is 8.75. The minimum Gasteiger partial charge on any atom is -0.480 e. The van der Waals surface area contributed by atoms with Crippen LogP contribution in [0.15, 0.2) is 24.3 Å². The highest BCUT2D eigenvalue weighted by molar-refractivity contribution is 5.91. The number of nitrogens with zero attached hydrogens (tertiary/aromatic N) is 3. The van der Waals surface area contributed by atoms with Crippen LogP contribution in [0.4, 0.5) is 15.3 Å². The van der Waals surface area contributed by atoms with Crippen molar-refractivity contribution < 1.29 is 24.6 Å². The Kier molecular flexibility index (Phi) is 4.10. The van der Waals surface area contributed by atoms with Crippen LogP contribution in [-0.2, 0) is 11.2 Å². The predicted molar refractivity (Wildman–Crippen MR) is 104 cm³/mol. The molecule has 2 saturated carbocycles. The lowest BCUT2D eigenvalue weighted by molar-refractivity contribution is -0.147. The van der Waals surface area contributed by atoms with Gasteiger partial charge in [-0.3, -0.25) is 0 Å². The van der Waals surface area contributed by atoms with E-state index in [4.69, 9.17) is 0 Å². The minimum atomic E-state index is -1.04. The third-order valence-corrected chi connectivity index (χ3v) is 7.21. The van der Waals surface area contributed by atoms with Crippen molar-refractivity contribution in [3.8, 4) is 0 Å². The number of carbonyl (C=O) groups excluding carboxylic acids is 1. The summed E-state index contributed by atoms with van der Waals surface area (Å²) in [5.74, 6) is -0.818. The van der Waals surface area contributed by atoms with Crippen LogP contribution < -0.4 is 4.59 Å². The Hall–Kier alpha value is -2.61. The van der Waals surface area contributed by atoms with E-state index in [1.54, 1.807) is 0 Å². The summed E-state index contributed by atoms with van der Waals surface area (Å²) in [5.41, 5.74) is 1.64. The molecule has 1 aromatic rings. The van der Waals surface area contributed by atoms with Crippen molar-refractivity contribution >= 4 is 23.8 Å². The first-order chi connectivity index (χ1) is 14.0. The zero-order valence-corrected chi connectivity index (χ0v) is 16.2. The van der Waals surface area contributed by atoms with Gasteiger partial charge in [0, 0.05) is 30.5 Å². The summed E-state index contributed by atoms with van der Waals surface area (Å²) in [6, 6.07) is 5.89. The van der Waals surface area contributed by atoms with Gasteiger partial charge in [0.15, 0.2) is 5.69 Å². The van der Waals surface area contributed by atoms with E-state index >= 15 is 0 Å². The number of carboxylic acids is 1. The van der Waals surface area contributed by atoms with Gasteiger partial charge >= 0.3 is 18.1 Å². The normalized spacial score (nSPS) is 32.7. The van der Waals surface area contributed by atoms with Crippen molar-refractivity contribution in [2.45, 2.75) is 63.1 Å². The van der Waals surface area contributed by atoms with E-state index in [0.717, 1.165) is 44.1 Å². The number of benzene rings is 1.